The van der Waals surface area contributed by atoms with E-state index in [4.69, 9.17) is 4.98 Å². The fourth-order valence-corrected chi connectivity index (χ4v) is 4.37. The first-order valence-corrected chi connectivity index (χ1v) is 12.3. The van der Waals surface area contributed by atoms with E-state index >= 15 is 4.39 Å². The number of pyridine rings is 4. The predicted molar refractivity (Wildman–Crippen MR) is 146 cm³/mol. The number of hydrogen-bond acceptors (Lipinski definition) is 7. The van der Waals surface area contributed by atoms with Gasteiger partial charge in [0, 0.05) is 66.0 Å². The normalized spacial score (nSPS) is 11.9. The van der Waals surface area contributed by atoms with E-state index in [2.05, 4.69) is 61.2 Å². The van der Waals surface area contributed by atoms with Crippen LogP contribution in [0.3, 0.4) is 0 Å². The Morgan fingerprint density at radius 3 is 2.61 bits per heavy atom. The lowest BCUT2D eigenvalue weighted by molar-refractivity contribution is 0.390. The summed E-state index contributed by atoms with van der Waals surface area (Å²) in [6.45, 7) is 7.38. The Labute approximate surface area is 218 Å². The number of halogens is 1. The Balaban J connectivity index is 1.40. The van der Waals surface area contributed by atoms with Crippen LogP contribution in [0.4, 0.5) is 10.1 Å². The van der Waals surface area contributed by atoms with E-state index in [0.29, 0.717) is 39.5 Å². The molecule has 0 radical (unpaired) electrons. The van der Waals surface area contributed by atoms with Crippen LogP contribution in [-0.4, -0.2) is 46.6 Å². The lowest BCUT2D eigenvalue weighted by atomic mass is 9.92. The van der Waals surface area contributed by atoms with Gasteiger partial charge >= 0.3 is 0 Å². The molecule has 0 aliphatic heterocycles. The maximum atomic E-state index is 16.1. The second-order valence-electron chi connectivity index (χ2n) is 10.4. The zero-order valence-corrected chi connectivity index (χ0v) is 21.2. The molecule has 0 aliphatic rings. The summed E-state index contributed by atoms with van der Waals surface area (Å²) in [5.74, 6) is -0.0584. The van der Waals surface area contributed by atoms with E-state index in [1.807, 2.05) is 24.3 Å². The second kappa shape index (κ2) is 9.29. The minimum atomic E-state index is -0.451. The Bertz CT molecular complexity index is 1750. The maximum Gasteiger partial charge on any atom is 0.161 e. The molecule has 9 nitrogen and oxygen atoms in total. The molecule has 6 aromatic heterocycles. The first-order chi connectivity index (χ1) is 18.4. The van der Waals surface area contributed by atoms with Gasteiger partial charge in [0.05, 0.1) is 11.1 Å². The fourth-order valence-electron chi connectivity index (χ4n) is 4.37. The van der Waals surface area contributed by atoms with Crippen LogP contribution in [-0.2, 0) is 0 Å². The third kappa shape index (κ3) is 4.45. The van der Waals surface area contributed by atoms with Gasteiger partial charge < -0.3 is 10.3 Å². The predicted octanol–water partition coefficient (Wildman–Crippen LogP) is 6.01. The number of imidazole rings is 1. The van der Waals surface area contributed by atoms with Crippen molar-refractivity contribution in [3.05, 3.63) is 67.3 Å². The number of aromatic amines is 2. The van der Waals surface area contributed by atoms with Crippen LogP contribution in [0.1, 0.15) is 27.2 Å². The lowest BCUT2D eigenvalue weighted by Crippen LogP contribution is -2.12. The van der Waals surface area contributed by atoms with Crippen molar-refractivity contribution in [2.45, 2.75) is 27.2 Å². The van der Waals surface area contributed by atoms with E-state index in [1.54, 1.807) is 31.0 Å². The first kappa shape index (κ1) is 23.7. The maximum absolute atomic E-state index is 16.1. The number of anilines is 1. The highest BCUT2D eigenvalue weighted by atomic mass is 19.1. The van der Waals surface area contributed by atoms with Crippen molar-refractivity contribution in [2.75, 3.05) is 11.9 Å². The van der Waals surface area contributed by atoms with Gasteiger partial charge in [-0.3, -0.25) is 15.1 Å². The van der Waals surface area contributed by atoms with Crippen molar-refractivity contribution in [3.63, 3.8) is 0 Å². The average molecular weight is 508 g/mol. The van der Waals surface area contributed by atoms with Gasteiger partial charge in [0.1, 0.15) is 17.0 Å². The molecule has 0 saturated carbocycles. The van der Waals surface area contributed by atoms with Crippen LogP contribution in [0.2, 0.25) is 0 Å². The second-order valence-corrected chi connectivity index (χ2v) is 10.4. The summed E-state index contributed by atoms with van der Waals surface area (Å²) in [6, 6.07) is 7.58. The zero-order chi connectivity index (χ0) is 26.3. The molecule has 6 heterocycles. The Hall–Kier alpha value is -4.73. The summed E-state index contributed by atoms with van der Waals surface area (Å²) in [5, 5.41) is 10.8. The van der Waals surface area contributed by atoms with Gasteiger partial charge in [0.2, 0.25) is 0 Å². The molecule has 6 rings (SSSR count). The number of hydrogen-bond donors (Lipinski definition) is 3. The smallest absolute Gasteiger partial charge is 0.161 e. The highest BCUT2D eigenvalue weighted by Crippen LogP contribution is 2.34. The van der Waals surface area contributed by atoms with Gasteiger partial charge in [0.15, 0.2) is 17.1 Å². The molecule has 190 valence electrons. The van der Waals surface area contributed by atoms with Crippen molar-refractivity contribution in [1.82, 2.24) is 40.1 Å². The molecule has 10 heteroatoms. The van der Waals surface area contributed by atoms with Gasteiger partial charge in [-0.15, -0.1) is 0 Å². The average Bonchev–Trinajstić information content (AvgIpc) is 3.53. The lowest BCUT2D eigenvalue weighted by Gasteiger charge is -2.18. The van der Waals surface area contributed by atoms with E-state index in [-0.39, 0.29) is 10.8 Å². The number of H-pyrrole nitrogens is 2. The third-order valence-electron chi connectivity index (χ3n) is 6.36. The van der Waals surface area contributed by atoms with Gasteiger partial charge in [0.25, 0.3) is 0 Å². The van der Waals surface area contributed by atoms with Crippen LogP contribution in [0.25, 0.3) is 56.0 Å². The summed E-state index contributed by atoms with van der Waals surface area (Å²) in [7, 11) is 0. The first-order valence-electron chi connectivity index (χ1n) is 12.3. The molecule has 0 aliphatic carbocycles. The van der Waals surface area contributed by atoms with Crippen LogP contribution in [0.5, 0.6) is 0 Å². The van der Waals surface area contributed by atoms with Crippen LogP contribution in [0.15, 0.2) is 61.4 Å². The van der Waals surface area contributed by atoms with Crippen LogP contribution >= 0.6 is 0 Å². The monoisotopic (exact) mass is 507 g/mol. The molecular formula is C28H26FN9. The summed E-state index contributed by atoms with van der Waals surface area (Å²) in [5.41, 5.74) is 5.63. The summed E-state index contributed by atoms with van der Waals surface area (Å²) >= 11 is 0. The third-order valence-corrected chi connectivity index (χ3v) is 6.36. The van der Waals surface area contributed by atoms with Crippen molar-refractivity contribution in [3.8, 4) is 33.8 Å². The summed E-state index contributed by atoms with van der Waals surface area (Å²) in [4.78, 5) is 25.3. The number of nitrogens with one attached hydrogen (secondary N) is 3. The van der Waals surface area contributed by atoms with Crippen LogP contribution < -0.4 is 5.32 Å². The van der Waals surface area contributed by atoms with E-state index < -0.39 is 5.82 Å². The Morgan fingerprint density at radius 2 is 1.79 bits per heavy atom. The molecular weight excluding hydrogens is 481 g/mol. The number of nitrogens with zero attached hydrogens (tertiary/aromatic N) is 6. The Kier molecular flexibility index (Phi) is 5.79. The quantitative estimate of drug-likeness (QED) is 0.252. The minimum Gasteiger partial charge on any atom is -0.384 e. The molecule has 0 amide bonds. The SMILES string of the molecule is CC(C)(C)CCNc1cncc(-c2cnc3[nH]nc(-c4nc5c(-c6cccnc6)ccnc5[nH]4)c3c2F)c1. The largest absolute Gasteiger partial charge is 0.384 e. The van der Waals surface area contributed by atoms with Crippen molar-refractivity contribution < 1.29 is 4.39 Å². The molecule has 0 atom stereocenters. The molecule has 0 bridgehead atoms. The van der Waals surface area contributed by atoms with Crippen molar-refractivity contribution in [2.24, 2.45) is 5.41 Å². The minimum absolute atomic E-state index is 0.210. The molecule has 3 N–H and O–H groups in total. The van der Waals surface area contributed by atoms with E-state index in [1.165, 1.54) is 6.20 Å². The summed E-state index contributed by atoms with van der Waals surface area (Å²) < 4.78 is 16.1. The highest BCUT2D eigenvalue weighted by Gasteiger charge is 2.21. The van der Waals surface area contributed by atoms with Crippen LogP contribution in [0, 0.1) is 11.2 Å². The van der Waals surface area contributed by atoms with Gasteiger partial charge in [-0.05, 0) is 30.0 Å². The van der Waals surface area contributed by atoms with E-state index in [0.717, 1.165) is 29.8 Å². The number of aromatic nitrogens is 8. The molecule has 0 fully saturated rings. The van der Waals surface area contributed by atoms with Crippen molar-refractivity contribution >= 4 is 27.9 Å². The number of fused-ring (bicyclic) bond motifs is 2. The molecule has 0 saturated heterocycles. The number of rotatable bonds is 6. The molecule has 38 heavy (non-hydrogen) atoms. The van der Waals surface area contributed by atoms with Gasteiger partial charge in [-0.1, -0.05) is 26.8 Å². The van der Waals surface area contributed by atoms with Crippen molar-refractivity contribution in [1.29, 1.82) is 0 Å². The van der Waals surface area contributed by atoms with E-state index in [9.17, 15) is 0 Å². The molecule has 0 spiro atoms. The van der Waals surface area contributed by atoms with Gasteiger partial charge in [-0.2, -0.15) is 5.10 Å². The summed E-state index contributed by atoms with van der Waals surface area (Å²) in [6.07, 6.45) is 11.0. The zero-order valence-electron chi connectivity index (χ0n) is 21.2. The van der Waals surface area contributed by atoms with Gasteiger partial charge in [-0.25, -0.2) is 19.3 Å². The highest BCUT2D eigenvalue weighted by molar-refractivity contribution is 5.96. The fraction of sp³-hybridized carbons (Fsp3) is 0.214. The standard InChI is InChI=1S/C28H26FN9/c1-28(2,3)7-10-32-18-11-17(13-31-14-18)20-15-34-25-21(22(20)29)24(37-38-25)27-35-23-19(6-9-33-26(23)36-27)16-5-4-8-30-12-16/h4-6,8-9,11-15,32H,7,10H2,1-3H3,(H,33,35,36)(H,34,37,38). The molecule has 0 unspecified atom stereocenters. The topological polar surface area (TPSA) is 121 Å². The molecule has 6 aromatic rings. The Morgan fingerprint density at radius 1 is 0.921 bits per heavy atom. The molecule has 0 aromatic carbocycles.